The molecule has 6 heteroatoms. The van der Waals surface area contributed by atoms with E-state index in [4.69, 9.17) is 0 Å². The fraction of sp³-hybridized carbons (Fsp3) is 0.357. The number of nitrogens with one attached hydrogen (secondary N) is 1. The van der Waals surface area contributed by atoms with E-state index in [1.807, 2.05) is 0 Å². The van der Waals surface area contributed by atoms with Crippen molar-refractivity contribution in [1.82, 2.24) is 14.9 Å². The minimum atomic E-state index is -4.28. The molecule has 0 atom stereocenters. The zero-order valence-electron chi connectivity index (χ0n) is 10.7. The fourth-order valence-electron chi connectivity index (χ4n) is 2.51. The largest absolute Gasteiger partial charge is 0.416 e. The van der Waals surface area contributed by atoms with Crippen molar-refractivity contribution in [2.45, 2.75) is 25.7 Å². The van der Waals surface area contributed by atoms with Crippen molar-refractivity contribution >= 4 is 0 Å². The smallest absolute Gasteiger partial charge is 0.347 e. The molecule has 20 heavy (non-hydrogen) atoms. The van der Waals surface area contributed by atoms with E-state index in [2.05, 4.69) is 14.9 Å². The highest BCUT2D eigenvalue weighted by molar-refractivity contribution is 5.26. The number of benzene rings is 1. The van der Waals surface area contributed by atoms with Crippen molar-refractivity contribution in [2.75, 3.05) is 6.54 Å². The summed E-state index contributed by atoms with van der Waals surface area (Å²) in [6.45, 7) is 2.03. The zero-order chi connectivity index (χ0) is 14.2. The summed E-state index contributed by atoms with van der Waals surface area (Å²) >= 11 is 0. The Morgan fingerprint density at radius 1 is 1.30 bits per heavy atom. The second-order valence-electron chi connectivity index (χ2n) is 4.99. The fourth-order valence-corrected chi connectivity index (χ4v) is 2.51. The normalized spacial score (nSPS) is 16.1. The summed E-state index contributed by atoms with van der Waals surface area (Å²) in [7, 11) is 0. The summed E-state index contributed by atoms with van der Waals surface area (Å²) in [6.07, 6.45) is -1.79. The number of aromatic nitrogens is 2. The summed E-state index contributed by atoms with van der Waals surface area (Å²) in [5.74, 6) is 0. The number of halogens is 3. The molecule has 1 aromatic heterocycles. The van der Waals surface area contributed by atoms with E-state index in [9.17, 15) is 13.2 Å². The molecule has 3 nitrogen and oxygen atoms in total. The summed E-state index contributed by atoms with van der Waals surface area (Å²) in [5, 5.41) is 0. The Kier molecular flexibility index (Phi) is 3.25. The lowest BCUT2D eigenvalue weighted by Gasteiger charge is -2.26. The van der Waals surface area contributed by atoms with Gasteiger partial charge in [-0.2, -0.15) is 13.2 Å². The highest BCUT2D eigenvalue weighted by Crippen LogP contribution is 2.30. The predicted octanol–water partition coefficient (Wildman–Crippen LogP) is 2.99. The van der Waals surface area contributed by atoms with Gasteiger partial charge in [-0.15, -0.1) is 0 Å². The first-order chi connectivity index (χ1) is 9.52. The van der Waals surface area contributed by atoms with E-state index in [1.54, 1.807) is 12.4 Å². The second-order valence-corrected chi connectivity index (χ2v) is 4.99. The highest BCUT2D eigenvalue weighted by atomic mass is 19.4. The lowest BCUT2D eigenvalue weighted by atomic mass is 10.1. The van der Waals surface area contributed by atoms with Gasteiger partial charge in [-0.3, -0.25) is 4.90 Å². The van der Waals surface area contributed by atoms with Gasteiger partial charge in [0.2, 0.25) is 0 Å². The molecule has 1 aromatic carbocycles. The maximum atomic E-state index is 12.7. The molecule has 0 bridgehead atoms. The van der Waals surface area contributed by atoms with Gasteiger partial charge in [0.1, 0.15) is 0 Å². The van der Waals surface area contributed by atoms with Crippen molar-refractivity contribution in [3.63, 3.8) is 0 Å². The Morgan fingerprint density at radius 2 is 2.15 bits per heavy atom. The minimum Gasteiger partial charge on any atom is -0.347 e. The molecular weight excluding hydrogens is 267 g/mol. The van der Waals surface area contributed by atoms with Crippen LogP contribution >= 0.6 is 0 Å². The summed E-state index contributed by atoms with van der Waals surface area (Å²) in [5.41, 5.74) is 2.21. The van der Waals surface area contributed by atoms with Crippen molar-refractivity contribution in [3.05, 3.63) is 53.1 Å². The van der Waals surface area contributed by atoms with Crippen LogP contribution in [-0.4, -0.2) is 21.4 Å². The summed E-state index contributed by atoms with van der Waals surface area (Å²) in [4.78, 5) is 9.41. The minimum absolute atomic E-state index is 0.516. The van der Waals surface area contributed by atoms with Crippen molar-refractivity contribution < 1.29 is 13.2 Å². The van der Waals surface area contributed by atoms with Crippen molar-refractivity contribution in [1.29, 1.82) is 0 Å². The van der Waals surface area contributed by atoms with Gasteiger partial charge in [0.15, 0.2) is 0 Å². The molecule has 1 aliphatic heterocycles. The molecule has 1 N–H and O–H groups in total. The number of fused-ring (bicyclic) bond motifs is 1. The molecule has 3 rings (SSSR count). The third-order valence-corrected chi connectivity index (χ3v) is 3.51. The zero-order valence-corrected chi connectivity index (χ0v) is 10.7. The summed E-state index contributed by atoms with van der Waals surface area (Å²) in [6, 6.07) is 5.52. The molecule has 0 amide bonds. The summed E-state index contributed by atoms with van der Waals surface area (Å²) < 4.78 is 38.0. The van der Waals surface area contributed by atoms with Crippen LogP contribution in [0.2, 0.25) is 0 Å². The first kappa shape index (κ1) is 13.2. The number of hydrogen-bond acceptors (Lipinski definition) is 2. The molecule has 0 aliphatic carbocycles. The average Bonchev–Trinajstić information content (AvgIpc) is 2.85. The van der Waals surface area contributed by atoms with E-state index in [0.29, 0.717) is 18.7 Å². The van der Waals surface area contributed by atoms with E-state index < -0.39 is 11.7 Å². The second kappa shape index (κ2) is 4.94. The standard InChI is InChI=1S/C14H14F3N3/c15-14(16,17)11-3-1-2-10(6-11)7-20-5-4-12-13(8-20)19-9-18-12/h1-3,6,9H,4-5,7-8H2,(H,18,19). The monoisotopic (exact) mass is 281 g/mol. The van der Waals surface area contributed by atoms with Crippen LogP contribution in [0.15, 0.2) is 30.6 Å². The van der Waals surface area contributed by atoms with Gasteiger partial charge in [-0.05, 0) is 11.6 Å². The topological polar surface area (TPSA) is 31.9 Å². The Labute approximate surface area is 114 Å². The molecule has 2 heterocycles. The van der Waals surface area contributed by atoms with Crippen molar-refractivity contribution in [3.8, 4) is 0 Å². The van der Waals surface area contributed by atoms with Crippen LogP contribution in [0.1, 0.15) is 22.5 Å². The van der Waals surface area contributed by atoms with Crippen LogP contribution in [-0.2, 0) is 25.7 Å². The Morgan fingerprint density at radius 3 is 2.95 bits per heavy atom. The number of hydrogen-bond donors (Lipinski definition) is 1. The Balaban J connectivity index is 1.73. The lowest BCUT2D eigenvalue weighted by Crippen LogP contribution is -2.30. The number of rotatable bonds is 2. The van der Waals surface area contributed by atoms with Gasteiger partial charge in [0, 0.05) is 26.1 Å². The molecule has 106 valence electrons. The van der Waals surface area contributed by atoms with Gasteiger partial charge in [0.25, 0.3) is 0 Å². The lowest BCUT2D eigenvalue weighted by molar-refractivity contribution is -0.137. The van der Waals surface area contributed by atoms with E-state index in [-0.39, 0.29) is 0 Å². The molecule has 0 radical (unpaired) electrons. The molecule has 0 saturated carbocycles. The quantitative estimate of drug-likeness (QED) is 0.917. The Hall–Kier alpha value is -1.82. The first-order valence-electron chi connectivity index (χ1n) is 6.42. The third kappa shape index (κ3) is 2.70. The van der Waals surface area contributed by atoms with Gasteiger partial charge in [0.05, 0.1) is 23.3 Å². The number of nitrogens with zero attached hydrogens (tertiary/aromatic N) is 2. The molecular formula is C14H14F3N3. The third-order valence-electron chi connectivity index (χ3n) is 3.51. The molecule has 0 saturated heterocycles. The van der Waals surface area contributed by atoms with Crippen LogP contribution < -0.4 is 0 Å². The number of imidazole rings is 1. The van der Waals surface area contributed by atoms with Crippen LogP contribution in [0.25, 0.3) is 0 Å². The molecule has 1 aliphatic rings. The van der Waals surface area contributed by atoms with Crippen LogP contribution in [0.5, 0.6) is 0 Å². The maximum absolute atomic E-state index is 12.7. The van der Waals surface area contributed by atoms with Crippen LogP contribution in [0, 0.1) is 0 Å². The highest BCUT2D eigenvalue weighted by Gasteiger charge is 2.30. The number of H-pyrrole nitrogens is 1. The average molecular weight is 281 g/mol. The van der Waals surface area contributed by atoms with E-state index in [1.165, 1.54) is 12.1 Å². The van der Waals surface area contributed by atoms with Gasteiger partial charge in [-0.1, -0.05) is 18.2 Å². The molecule has 2 aromatic rings. The van der Waals surface area contributed by atoms with E-state index in [0.717, 1.165) is 30.4 Å². The Bertz CT molecular complexity index is 604. The van der Waals surface area contributed by atoms with Gasteiger partial charge in [-0.25, -0.2) is 4.98 Å². The molecule has 0 unspecified atom stereocenters. The van der Waals surface area contributed by atoms with Gasteiger partial charge < -0.3 is 4.98 Å². The van der Waals surface area contributed by atoms with E-state index >= 15 is 0 Å². The predicted molar refractivity (Wildman–Crippen MR) is 67.8 cm³/mol. The molecule has 0 spiro atoms. The SMILES string of the molecule is FC(F)(F)c1cccc(CN2CCc3nc[nH]c3C2)c1. The molecule has 0 fully saturated rings. The number of alkyl halides is 3. The maximum Gasteiger partial charge on any atom is 0.416 e. The van der Waals surface area contributed by atoms with Gasteiger partial charge >= 0.3 is 6.18 Å². The van der Waals surface area contributed by atoms with Crippen molar-refractivity contribution in [2.24, 2.45) is 0 Å². The van der Waals surface area contributed by atoms with Crippen LogP contribution in [0.3, 0.4) is 0 Å². The first-order valence-corrected chi connectivity index (χ1v) is 6.42. The van der Waals surface area contributed by atoms with Crippen LogP contribution in [0.4, 0.5) is 13.2 Å². The number of aromatic amines is 1.